The molecule has 0 fully saturated rings. The lowest BCUT2D eigenvalue weighted by atomic mass is 10.1. The predicted molar refractivity (Wildman–Crippen MR) is 104 cm³/mol. The fourth-order valence-electron chi connectivity index (χ4n) is 3.03. The fraction of sp³-hybridized carbons (Fsp3) is 0.150. The van der Waals surface area contributed by atoms with E-state index in [-0.39, 0.29) is 12.5 Å². The highest BCUT2D eigenvalue weighted by atomic mass is 35.5. The van der Waals surface area contributed by atoms with Crippen LogP contribution >= 0.6 is 11.6 Å². The maximum Gasteiger partial charge on any atom is 0.347 e. The highest BCUT2D eigenvalue weighted by Gasteiger charge is 2.14. The van der Waals surface area contributed by atoms with Gasteiger partial charge in [-0.05, 0) is 36.2 Å². The van der Waals surface area contributed by atoms with Gasteiger partial charge in [0.05, 0.1) is 11.7 Å². The third-order valence-corrected chi connectivity index (χ3v) is 4.60. The molecule has 2 aromatic heterocycles. The van der Waals surface area contributed by atoms with Crippen molar-refractivity contribution in [3.63, 3.8) is 0 Å². The minimum Gasteiger partial charge on any atom is -0.422 e. The van der Waals surface area contributed by atoms with E-state index in [0.29, 0.717) is 34.5 Å². The summed E-state index contributed by atoms with van der Waals surface area (Å²) in [4.78, 5) is 24.4. The number of carbonyl (C=O) groups is 1. The number of fused-ring (bicyclic) bond motifs is 3. The van der Waals surface area contributed by atoms with E-state index in [1.165, 1.54) is 10.9 Å². The number of nitrogens with zero attached hydrogens (tertiary/aromatic N) is 2. The molecular formula is C20H16ClN3O3. The molecule has 0 aliphatic rings. The Kier molecular flexibility index (Phi) is 4.64. The molecule has 6 nitrogen and oxygen atoms in total. The molecule has 0 aliphatic heterocycles. The Morgan fingerprint density at radius 3 is 2.70 bits per heavy atom. The van der Waals surface area contributed by atoms with Crippen LogP contribution < -0.4 is 10.9 Å². The van der Waals surface area contributed by atoms with Crippen molar-refractivity contribution < 1.29 is 9.21 Å². The number of nitrogens with one attached hydrogen (secondary N) is 1. The number of para-hydroxylation sites is 1. The third-order valence-electron chi connectivity index (χ3n) is 4.35. The summed E-state index contributed by atoms with van der Waals surface area (Å²) in [5, 5.41) is 8.88. The van der Waals surface area contributed by atoms with E-state index < -0.39 is 5.63 Å². The normalized spacial score (nSPS) is 11.1. The molecule has 2 heterocycles. The number of carbonyl (C=O) groups excluding carboxylic acids is 1. The van der Waals surface area contributed by atoms with Crippen LogP contribution in [0.5, 0.6) is 0 Å². The molecule has 0 atom stereocenters. The Bertz CT molecular complexity index is 1180. The number of halogens is 1. The Morgan fingerprint density at radius 1 is 1.11 bits per heavy atom. The lowest BCUT2D eigenvalue weighted by molar-refractivity contribution is -0.121. The molecule has 0 bridgehead atoms. The summed E-state index contributed by atoms with van der Waals surface area (Å²) in [5.41, 5.74) is 1.71. The molecule has 0 spiro atoms. The third kappa shape index (κ3) is 3.57. The summed E-state index contributed by atoms with van der Waals surface area (Å²) >= 11 is 5.87. The molecule has 2 aromatic carbocycles. The largest absolute Gasteiger partial charge is 0.422 e. The minimum atomic E-state index is -0.460. The first-order chi connectivity index (χ1) is 13.1. The molecule has 4 rings (SSSR count). The molecule has 0 saturated carbocycles. The van der Waals surface area contributed by atoms with E-state index in [9.17, 15) is 9.59 Å². The van der Waals surface area contributed by atoms with Crippen molar-refractivity contribution in [2.45, 2.75) is 13.0 Å². The summed E-state index contributed by atoms with van der Waals surface area (Å²) in [7, 11) is 0. The molecule has 7 heteroatoms. The van der Waals surface area contributed by atoms with Crippen LogP contribution in [0.2, 0.25) is 5.02 Å². The van der Waals surface area contributed by atoms with Gasteiger partial charge in [0.25, 0.3) is 0 Å². The van der Waals surface area contributed by atoms with Crippen LogP contribution in [0.1, 0.15) is 5.56 Å². The zero-order valence-electron chi connectivity index (χ0n) is 14.3. The quantitative estimate of drug-likeness (QED) is 0.539. The maximum absolute atomic E-state index is 12.3. The van der Waals surface area contributed by atoms with Gasteiger partial charge in [-0.15, -0.1) is 0 Å². The van der Waals surface area contributed by atoms with Crippen LogP contribution in [-0.4, -0.2) is 22.2 Å². The van der Waals surface area contributed by atoms with Gasteiger partial charge in [-0.2, -0.15) is 5.10 Å². The van der Waals surface area contributed by atoms with Gasteiger partial charge in [0.15, 0.2) is 0 Å². The average molecular weight is 382 g/mol. The lowest BCUT2D eigenvalue weighted by Crippen LogP contribution is -2.29. The van der Waals surface area contributed by atoms with Gasteiger partial charge >= 0.3 is 5.63 Å². The molecule has 27 heavy (non-hydrogen) atoms. The van der Waals surface area contributed by atoms with Gasteiger partial charge < -0.3 is 9.73 Å². The molecule has 1 amide bonds. The summed E-state index contributed by atoms with van der Waals surface area (Å²) in [6, 6.07) is 14.7. The van der Waals surface area contributed by atoms with Crippen molar-refractivity contribution in [2.75, 3.05) is 6.54 Å². The molecule has 0 saturated heterocycles. The molecule has 4 aromatic rings. The van der Waals surface area contributed by atoms with Crippen LogP contribution in [0.25, 0.3) is 21.9 Å². The Labute approximate surface area is 159 Å². The standard InChI is InChI=1S/C20H16ClN3O3/c21-14-7-5-13(6-8-14)9-10-22-18(25)12-24-19-15-3-1-2-4-17(15)27-20(26)16(19)11-23-24/h1-8,11H,9-10,12H2,(H,22,25). The number of hydrogen-bond acceptors (Lipinski definition) is 4. The van der Waals surface area contributed by atoms with Gasteiger partial charge in [0, 0.05) is 17.0 Å². The van der Waals surface area contributed by atoms with E-state index in [4.69, 9.17) is 16.0 Å². The Balaban J connectivity index is 1.50. The summed E-state index contributed by atoms with van der Waals surface area (Å²) in [6.07, 6.45) is 2.14. The number of amides is 1. The topological polar surface area (TPSA) is 77.1 Å². The van der Waals surface area contributed by atoms with Crippen LogP contribution in [0.3, 0.4) is 0 Å². The van der Waals surface area contributed by atoms with E-state index in [1.807, 2.05) is 36.4 Å². The maximum atomic E-state index is 12.3. The number of rotatable bonds is 5. The second kappa shape index (κ2) is 7.25. The van der Waals surface area contributed by atoms with Gasteiger partial charge in [-0.3, -0.25) is 9.48 Å². The Morgan fingerprint density at radius 2 is 1.89 bits per heavy atom. The molecule has 0 radical (unpaired) electrons. The van der Waals surface area contributed by atoms with Crippen molar-refractivity contribution in [1.29, 1.82) is 0 Å². The summed E-state index contributed by atoms with van der Waals surface area (Å²) < 4.78 is 6.83. The highest BCUT2D eigenvalue weighted by Crippen LogP contribution is 2.22. The van der Waals surface area contributed by atoms with Gasteiger partial charge in [-0.25, -0.2) is 4.79 Å². The lowest BCUT2D eigenvalue weighted by Gasteiger charge is -2.07. The van der Waals surface area contributed by atoms with Gasteiger partial charge in [-0.1, -0.05) is 35.9 Å². The molecule has 0 aliphatic carbocycles. The highest BCUT2D eigenvalue weighted by molar-refractivity contribution is 6.30. The zero-order chi connectivity index (χ0) is 18.8. The minimum absolute atomic E-state index is 0.0254. The second-order valence-electron chi connectivity index (χ2n) is 6.18. The molecular weight excluding hydrogens is 366 g/mol. The number of hydrogen-bond donors (Lipinski definition) is 1. The SMILES string of the molecule is O=C(Cn1ncc2c(=O)oc3ccccc3c21)NCCc1ccc(Cl)cc1. The van der Waals surface area contributed by atoms with Crippen molar-refractivity contribution in [3.05, 3.63) is 75.7 Å². The molecule has 0 unspecified atom stereocenters. The van der Waals surface area contributed by atoms with E-state index >= 15 is 0 Å². The van der Waals surface area contributed by atoms with Crippen LogP contribution in [-0.2, 0) is 17.8 Å². The van der Waals surface area contributed by atoms with E-state index in [0.717, 1.165) is 10.9 Å². The monoisotopic (exact) mass is 381 g/mol. The van der Waals surface area contributed by atoms with Crippen LogP contribution in [0, 0.1) is 0 Å². The summed E-state index contributed by atoms with van der Waals surface area (Å²) in [6.45, 7) is 0.528. The molecule has 136 valence electrons. The van der Waals surface area contributed by atoms with Gasteiger partial charge in [0.2, 0.25) is 5.91 Å². The first-order valence-corrected chi connectivity index (χ1v) is 8.88. The van der Waals surface area contributed by atoms with Crippen molar-refractivity contribution in [2.24, 2.45) is 0 Å². The smallest absolute Gasteiger partial charge is 0.347 e. The zero-order valence-corrected chi connectivity index (χ0v) is 15.1. The summed E-state index contributed by atoms with van der Waals surface area (Å²) in [5.74, 6) is -0.175. The second-order valence-corrected chi connectivity index (χ2v) is 6.61. The van der Waals surface area contributed by atoms with E-state index in [2.05, 4.69) is 10.4 Å². The van der Waals surface area contributed by atoms with Crippen molar-refractivity contribution in [1.82, 2.24) is 15.1 Å². The number of aromatic nitrogens is 2. The predicted octanol–water partition coefficient (Wildman–Crippen LogP) is 3.16. The van der Waals surface area contributed by atoms with Crippen molar-refractivity contribution in [3.8, 4) is 0 Å². The van der Waals surface area contributed by atoms with Gasteiger partial charge in [0.1, 0.15) is 17.5 Å². The first-order valence-electron chi connectivity index (χ1n) is 8.50. The number of benzene rings is 2. The van der Waals surface area contributed by atoms with E-state index in [1.54, 1.807) is 12.1 Å². The van der Waals surface area contributed by atoms with Crippen molar-refractivity contribution >= 4 is 39.4 Å². The van der Waals surface area contributed by atoms with Crippen LogP contribution in [0.4, 0.5) is 0 Å². The Hall–Kier alpha value is -3.12. The average Bonchev–Trinajstić information content (AvgIpc) is 3.08. The first kappa shape index (κ1) is 17.3. The van der Waals surface area contributed by atoms with Crippen LogP contribution in [0.15, 0.2) is 63.9 Å². The fourth-order valence-corrected chi connectivity index (χ4v) is 3.16. The molecule has 1 N–H and O–H groups in total.